The van der Waals surface area contributed by atoms with Gasteiger partial charge in [-0.3, -0.25) is 9.59 Å². The van der Waals surface area contributed by atoms with Crippen molar-refractivity contribution in [2.24, 2.45) is 0 Å². The second kappa shape index (κ2) is 17.6. The number of nitrogens with one attached hydrogen (secondary N) is 1. The molecule has 0 aromatic heterocycles. The van der Waals surface area contributed by atoms with Crippen LogP contribution < -0.4 is 14.8 Å². The Kier molecular flexibility index (Phi) is 13.3. The van der Waals surface area contributed by atoms with Gasteiger partial charge in [0.15, 0.2) is 19.4 Å². The van der Waals surface area contributed by atoms with Gasteiger partial charge in [-0.2, -0.15) is 0 Å². The maximum absolute atomic E-state index is 13.4. The predicted molar refractivity (Wildman–Crippen MR) is 181 cm³/mol. The predicted octanol–water partition coefficient (Wildman–Crippen LogP) is 5.48. The van der Waals surface area contributed by atoms with E-state index >= 15 is 0 Å². The van der Waals surface area contributed by atoms with Crippen LogP contribution in [0.3, 0.4) is 0 Å². The summed E-state index contributed by atoms with van der Waals surface area (Å²) in [6.45, 7) is 7.42. The first-order chi connectivity index (χ1) is 23.9. The monoisotopic (exact) mass is 692 g/mol. The summed E-state index contributed by atoms with van der Waals surface area (Å²) in [5.41, 5.74) is 1.38. The lowest BCUT2D eigenvalue weighted by molar-refractivity contribution is -0.144. The maximum atomic E-state index is 13.4. The van der Waals surface area contributed by atoms with Crippen LogP contribution in [0, 0.1) is 6.92 Å². The van der Waals surface area contributed by atoms with Crippen LogP contribution in [0.25, 0.3) is 0 Å². The van der Waals surface area contributed by atoms with Gasteiger partial charge in [-0.25, -0.2) is 9.59 Å². The number of methoxy groups -OCH3 is 2. The molecule has 3 aromatic carbocycles. The topological polar surface area (TPSA) is 148 Å². The molecule has 50 heavy (non-hydrogen) atoms. The Labute approximate surface area is 291 Å². The summed E-state index contributed by atoms with van der Waals surface area (Å²) in [6.07, 6.45) is -0.821. The van der Waals surface area contributed by atoms with Gasteiger partial charge in [0.2, 0.25) is 0 Å². The molecule has 0 saturated carbocycles. The number of hydroxylamine groups is 2. The van der Waals surface area contributed by atoms with E-state index in [1.807, 2.05) is 13.0 Å². The number of rotatable bonds is 13. The molecule has 2 atom stereocenters. The van der Waals surface area contributed by atoms with E-state index in [-0.39, 0.29) is 31.5 Å². The highest BCUT2D eigenvalue weighted by molar-refractivity contribution is 6.11. The first kappa shape index (κ1) is 37.8. The van der Waals surface area contributed by atoms with Crippen molar-refractivity contribution >= 4 is 23.8 Å². The van der Waals surface area contributed by atoms with E-state index in [0.717, 1.165) is 5.56 Å². The number of amides is 1. The molecule has 1 N–H and O–H groups in total. The fourth-order valence-electron chi connectivity index (χ4n) is 5.10. The van der Waals surface area contributed by atoms with Gasteiger partial charge in [0.1, 0.15) is 23.2 Å². The lowest BCUT2D eigenvalue weighted by atomic mass is 9.99. The third kappa shape index (κ3) is 11.0. The van der Waals surface area contributed by atoms with Gasteiger partial charge in [0.05, 0.1) is 23.7 Å². The summed E-state index contributed by atoms with van der Waals surface area (Å²) < 4.78 is 32.2. The Morgan fingerprint density at radius 1 is 0.840 bits per heavy atom. The molecule has 1 aliphatic heterocycles. The van der Waals surface area contributed by atoms with Gasteiger partial charge in [-0.05, 0) is 89.1 Å². The van der Waals surface area contributed by atoms with E-state index in [1.54, 1.807) is 69.3 Å². The minimum absolute atomic E-state index is 0.0161. The van der Waals surface area contributed by atoms with Crippen LogP contribution in [0.15, 0.2) is 66.7 Å². The number of aryl methyl sites for hydroxylation is 1. The number of ketones is 1. The van der Waals surface area contributed by atoms with Crippen LogP contribution in [-0.2, 0) is 23.8 Å². The molecular formula is C37H44N2O11. The molecule has 0 bridgehead atoms. The van der Waals surface area contributed by atoms with Crippen LogP contribution in [-0.4, -0.2) is 87.5 Å². The number of carbonyl (C=O) groups is 4. The Morgan fingerprint density at radius 3 is 2.14 bits per heavy atom. The lowest BCUT2D eigenvalue weighted by Gasteiger charge is -2.29. The Balaban J connectivity index is 1.50. The van der Waals surface area contributed by atoms with Gasteiger partial charge < -0.3 is 38.6 Å². The number of ether oxygens (including phenoxy) is 6. The van der Waals surface area contributed by atoms with Crippen molar-refractivity contribution in [3.8, 4) is 11.5 Å². The molecule has 4 rings (SSSR count). The van der Waals surface area contributed by atoms with Crippen molar-refractivity contribution in [3.05, 3.63) is 94.5 Å². The minimum Gasteiger partial charge on any atom is -0.468 e. The van der Waals surface area contributed by atoms with Crippen molar-refractivity contribution in [2.75, 3.05) is 40.9 Å². The number of nitrogens with zero attached hydrogens (tertiary/aromatic N) is 1. The van der Waals surface area contributed by atoms with Crippen LogP contribution in [0.4, 0.5) is 4.79 Å². The van der Waals surface area contributed by atoms with Gasteiger partial charge in [0, 0.05) is 31.9 Å². The highest BCUT2D eigenvalue weighted by Crippen LogP contribution is 2.25. The molecule has 3 aromatic rings. The highest BCUT2D eigenvalue weighted by Gasteiger charge is 2.34. The van der Waals surface area contributed by atoms with Crippen LogP contribution in [0.2, 0.25) is 0 Å². The number of hydrogen-bond acceptors (Lipinski definition) is 12. The summed E-state index contributed by atoms with van der Waals surface area (Å²) in [5.74, 6) is -0.453. The van der Waals surface area contributed by atoms with Crippen molar-refractivity contribution in [2.45, 2.75) is 58.3 Å². The summed E-state index contributed by atoms with van der Waals surface area (Å²) in [7, 11) is 3.00. The number of esters is 1. The van der Waals surface area contributed by atoms with Gasteiger partial charge in [-0.1, -0.05) is 23.8 Å². The smallest absolute Gasteiger partial charge is 0.468 e. The molecule has 0 radical (unpaired) electrons. The van der Waals surface area contributed by atoms with Crippen molar-refractivity contribution in [3.63, 3.8) is 0 Å². The zero-order chi connectivity index (χ0) is 36.3. The molecule has 0 unspecified atom stereocenters. The molecule has 1 amide bonds. The van der Waals surface area contributed by atoms with E-state index in [4.69, 9.17) is 33.3 Å². The summed E-state index contributed by atoms with van der Waals surface area (Å²) >= 11 is 0. The summed E-state index contributed by atoms with van der Waals surface area (Å²) in [6, 6.07) is 17.1. The Morgan fingerprint density at radius 2 is 1.48 bits per heavy atom. The molecule has 1 saturated heterocycles. The molecule has 1 aliphatic rings. The first-order valence-electron chi connectivity index (χ1n) is 16.1. The fourth-order valence-corrected chi connectivity index (χ4v) is 5.10. The average molecular weight is 693 g/mol. The SMILES string of the molecule is COCOc1ccc(C(=O)N[C@@H]2CN(OC(=O)OC(C)(C)C)CCC[C@H]2OC(=O)c2ccc(C(=O)c3cc(C)ccc3OCOC)cc2)cc1. The molecule has 268 valence electrons. The molecule has 13 nitrogen and oxygen atoms in total. The molecule has 0 aliphatic carbocycles. The zero-order valence-corrected chi connectivity index (χ0v) is 29.2. The van der Waals surface area contributed by atoms with Crippen LogP contribution in [0.1, 0.15) is 75.8 Å². The van der Waals surface area contributed by atoms with Gasteiger partial charge in [0.25, 0.3) is 5.91 Å². The Bertz CT molecular complexity index is 1620. The quantitative estimate of drug-likeness (QED) is 0.137. The molecule has 13 heteroatoms. The Hall–Kier alpha value is -4.98. The van der Waals surface area contributed by atoms with E-state index in [1.165, 1.54) is 31.4 Å². The lowest BCUT2D eigenvalue weighted by Crippen LogP contribution is -2.50. The van der Waals surface area contributed by atoms with E-state index in [2.05, 4.69) is 5.32 Å². The van der Waals surface area contributed by atoms with E-state index in [9.17, 15) is 19.2 Å². The molecular weight excluding hydrogens is 648 g/mol. The zero-order valence-electron chi connectivity index (χ0n) is 29.2. The molecule has 1 fully saturated rings. The minimum atomic E-state index is -0.887. The standard InChI is InChI=1S/C37H44N2O11/c1-24-9-18-31(47-23-45-6)29(20-24)33(40)25-10-12-27(13-11-25)35(42)48-32-8-7-19-39(50-36(43)49-37(2,3)4)21-30(32)38-34(41)26-14-16-28(17-15-26)46-22-44-5/h9-18,20,30,32H,7-8,19,21-23H2,1-6H3,(H,38,41)/t30-,32-/m1/s1. The summed E-state index contributed by atoms with van der Waals surface area (Å²) in [4.78, 5) is 58.1. The second-order valence-electron chi connectivity index (χ2n) is 12.6. The molecule has 0 spiro atoms. The summed E-state index contributed by atoms with van der Waals surface area (Å²) in [5, 5.41) is 4.34. The third-order valence-electron chi connectivity index (χ3n) is 7.47. The largest absolute Gasteiger partial charge is 0.528 e. The number of hydrogen-bond donors (Lipinski definition) is 1. The van der Waals surface area contributed by atoms with E-state index in [0.29, 0.717) is 47.6 Å². The average Bonchev–Trinajstić information content (AvgIpc) is 3.26. The first-order valence-corrected chi connectivity index (χ1v) is 16.1. The highest BCUT2D eigenvalue weighted by atomic mass is 16.8. The van der Waals surface area contributed by atoms with Gasteiger partial charge in [-0.15, -0.1) is 5.06 Å². The van der Waals surface area contributed by atoms with Crippen molar-refractivity contribution in [1.82, 2.24) is 10.4 Å². The van der Waals surface area contributed by atoms with E-state index < -0.39 is 35.8 Å². The van der Waals surface area contributed by atoms with Crippen LogP contribution >= 0.6 is 0 Å². The number of carbonyl (C=O) groups excluding carboxylic acids is 4. The maximum Gasteiger partial charge on any atom is 0.528 e. The third-order valence-corrected chi connectivity index (χ3v) is 7.47. The normalized spacial score (nSPS) is 16.4. The van der Waals surface area contributed by atoms with Crippen molar-refractivity contribution < 1.29 is 52.4 Å². The fraction of sp³-hybridized carbons (Fsp3) is 0.405. The van der Waals surface area contributed by atoms with Gasteiger partial charge >= 0.3 is 12.1 Å². The molecule has 1 heterocycles. The number of benzene rings is 3. The van der Waals surface area contributed by atoms with Crippen LogP contribution in [0.5, 0.6) is 11.5 Å². The van der Waals surface area contributed by atoms with Crippen molar-refractivity contribution in [1.29, 1.82) is 0 Å². The second-order valence-corrected chi connectivity index (χ2v) is 12.6.